The van der Waals surface area contributed by atoms with Crippen molar-refractivity contribution in [3.8, 4) is 0 Å². The molecule has 0 radical (unpaired) electrons. The number of furan rings is 3. The minimum absolute atomic E-state index is 0.143. The molecule has 12 nitrogen and oxygen atoms in total. The number of aryl methyl sites for hydroxylation is 5. The Morgan fingerprint density at radius 3 is 1.05 bits per heavy atom. The molecule has 4 aliphatic rings. The van der Waals surface area contributed by atoms with Crippen molar-refractivity contribution in [3.05, 3.63) is 258 Å². The van der Waals surface area contributed by atoms with Crippen LogP contribution in [0.3, 0.4) is 0 Å². The first-order chi connectivity index (χ1) is 48.0. The highest BCUT2D eigenvalue weighted by atomic mass is 16.3. The lowest BCUT2D eigenvalue weighted by molar-refractivity contribution is 0.383. The van der Waals surface area contributed by atoms with Crippen molar-refractivity contribution in [1.82, 2.24) is 14.8 Å². The van der Waals surface area contributed by atoms with Crippen molar-refractivity contribution in [3.63, 3.8) is 0 Å². The van der Waals surface area contributed by atoms with E-state index < -0.39 is 0 Å². The number of pyridine rings is 1. The van der Waals surface area contributed by atoms with Crippen LogP contribution in [0.2, 0.25) is 0 Å². The molecule has 12 aromatic rings. The predicted molar refractivity (Wildman–Crippen MR) is 423 cm³/mol. The third-order valence-electron chi connectivity index (χ3n) is 20.9. The maximum Gasteiger partial charge on any atom is 0.227 e. The molecule has 8 aromatic carbocycles. The summed E-state index contributed by atoms with van der Waals surface area (Å²) in [5.41, 5.74) is 24.5. The Balaban J connectivity index is 0.000000121. The van der Waals surface area contributed by atoms with Gasteiger partial charge in [-0.2, -0.15) is 0 Å². The molecule has 0 unspecified atom stereocenters. The number of rotatable bonds is 10. The number of nitrogens with zero attached hydrogens (tertiary/aromatic N) is 9. The van der Waals surface area contributed by atoms with Gasteiger partial charge in [0.25, 0.3) is 0 Å². The van der Waals surface area contributed by atoms with E-state index in [1.807, 2.05) is 31.2 Å². The zero-order valence-corrected chi connectivity index (χ0v) is 62.0. The third-order valence-corrected chi connectivity index (χ3v) is 20.9. The van der Waals surface area contributed by atoms with E-state index in [0.29, 0.717) is 35.6 Å². The summed E-state index contributed by atoms with van der Waals surface area (Å²) in [4.78, 5) is 23.1. The van der Waals surface area contributed by atoms with Gasteiger partial charge in [0, 0.05) is 119 Å². The molecule has 4 atom stereocenters. The quantitative estimate of drug-likeness (QED) is 0.131. The van der Waals surface area contributed by atoms with Crippen LogP contribution in [0, 0.1) is 34.6 Å². The number of benzene rings is 8. The van der Waals surface area contributed by atoms with E-state index in [0.717, 1.165) is 61.4 Å². The van der Waals surface area contributed by atoms with Gasteiger partial charge in [0.15, 0.2) is 16.7 Å². The Hall–Kier alpha value is -10.3. The monoisotopic (exact) mass is 1330 g/mol. The van der Waals surface area contributed by atoms with Gasteiger partial charge in [-0.05, 0) is 161 Å². The Morgan fingerprint density at radius 2 is 0.640 bits per heavy atom. The van der Waals surface area contributed by atoms with Crippen molar-refractivity contribution in [2.75, 3.05) is 43.5 Å². The predicted octanol–water partition coefficient (Wildman–Crippen LogP) is 23.3. The first kappa shape index (κ1) is 68.2. The van der Waals surface area contributed by atoms with Gasteiger partial charge in [-0.15, -0.1) is 0 Å². The van der Waals surface area contributed by atoms with E-state index in [1.54, 1.807) is 0 Å². The average molecular weight is 1330 g/mol. The molecule has 0 N–H and O–H groups in total. The van der Waals surface area contributed by atoms with Crippen molar-refractivity contribution in [2.45, 2.75) is 166 Å². The highest BCUT2D eigenvalue weighted by Gasteiger charge is 2.34. The molecule has 0 aliphatic carbocycles. The van der Waals surface area contributed by atoms with Gasteiger partial charge in [-0.25, -0.2) is 4.98 Å². The lowest BCUT2D eigenvalue weighted by atomic mass is 9.92. The highest BCUT2D eigenvalue weighted by molar-refractivity contribution is 6.11. The number of aromatic nitrogens is 1. The maximum atomic E-state index is 6.40. The maximum absolute atomic E-state index is 6.40. The fourth-order valence-electron chi connectivity index (χ4n) is 15.0. The normalized spacial score (nSPS) is 17.4. The molecule has 0 bridgehead atoms. The summed E-state index contributed by atoms with van der Waals surface area (Å²) in [7, 11) is 4.18. The number of anilines is 6. The Labute approximate surface area is 591 Å². The summed E-state index contributed by atoms with van der Waals surface area (Å²) < 4.78 is 18.7. The second-order valence-corrected chi connectivity index (χ2v) is 28.9. The highest BCUT2D eigenvalue weighted by Crippen LogP contribution is 2.46. The lowest BCUT2D eigenvalue weighted by Crippen LogP contribution is -2.37. The first-order valence-electron chi connectivity index (χ1n) is 35.8. The average Bonchev–Trinajstić information content (AvgIpc) is 1.60. The van der Waals surface area contributed by atoms with E-state index in [-0.39, 0.29) is 18.5 Å². The smallest absolute Gasteiger partial charge is 0.227 e. The van der Waals surface area contributed by atoms with Crippen LogP contribution < -0.4 is 29.4 Å². The molecule has 0 saturated heterocycles. The van der Waals surface area contributed by atoms with E-state index in [2.05, 4.69) is 352 Å². The molecule has 8 heterocycles. The molecule has 0 saturated carbocycles. The lowest BCUT2D eigenvalue weighted by Gasteiger charge is -2.34. The topological polar surface area (TPSA) is 78.2 Å². The van der Waals surface area contributed by atoms with Gasteiger partial charge >= 0.3 is 0 Å². The van der Waals surface area contributed by atoms with Crippen LogP contribution in [0.5, 0.6) is 0 Å². The number of hydrogen-bond donors (Lipinski definition) is 0. The van der Waals surface area contributed by atoms with Gasteiger partial charge in [0.05, 0.1) is 17.1 Å². The van der Waals surface area contributed by atoms with E-state index in [9.17, 15) is 0 Å². The minimum Gasteiger partial charge on any atom is -0.454 e. The van der Waals surface area contributed by atoms with E-state index in [1.165, 1.54) is 83.1 Å². The minimum atomic E-state index is 0.143. The largest absolute Gasteiger partial charge is 0.454 e. The van der Waals surface area contributed by atoms with Crippen LogP contribution in [0.1, 0.15) is 157 Å². The molecule has 4 aromatic heterocycles. The molecule has 4 aliphatic heterocycles. The zero-order chi connectivity index (χ0) is 70.7. The Bertz CT molecular complexity index is 5080. The van der Waals surface area contributed by atoms with Crippen LogP contribution in [-0.4, -0.2) is 53.5 Å². The molecule has 514 valence electrons. The summed E-state index contributed by atoms with van der Waals surface area (Å²) in [6.45, 7) is 37.8. The number of para-hydroxylation sites is 5. The third kappa shape index (κ3) is 12.4. The van der Waals surface area contributed by atoms with Crippen LogP contribution >= 0.6 is 0 Å². The molecular formula is C88H99N9O3. The second kappa shape index (κ2) is 27.8. The van der Waals surface area contributed by atoms with Crippen LogP contribution in [-0.2, 0) is 0 Å². The van der Waals surface area contributed by atoms with Crippen LogP contribution in [0.25, 0.3) is 65.9 Å². The summed E-state index contributed by atoms with van der Waals surface area (Å²) in [5.74, 6) is 1.92. The fourth-order valence-corrected chi connectivity index (χ4v) is 15.0. The van der Waals surface area contributed by atoms with Crippen molar-refractivity contribution >= 4 is 100 Å². The van der Waals surface area contributed by atoms with Crippen LogP contribution in [0.4, 0.5) is 34.1 Å². The van der Waals surface area contributed by atoms with Gasteiger partial charge in [0.1, 0.15) is 35.8 Å². The summed E-state index contributed by atoms with van der Waals surface area (Å²) >= 11 is 0. The SMILES string of the molecule is Cc1ccc2c(n1)oc1c(N3C=CN(C)[C@@H]3C)c(C)ccc12.Cc1ccc2c(oc3ccccc32)c1N1C=CN(C)[C@@H]1C.Cc1ccc2c(oc3ccccc32)c1N1C=CN(c2c(C(C)C)cccc2C(C)C)[C@@H]1C.Cc1ccccc1N1C=CN(c2c(C(C)C)cccc2C(C)C)[C@@H]1C. The Morgan fingerprint density at radius 1 is 0.300 bits per heavy atom. The van der Waals surface area contributed by atoms with Crippen molar-refractivity contribution in [2.24, 2.45) is 0 Å². The van der Waals surface area contributed by atoms with Crippen molar-refractivity contribution < 1.29 is 13.3 Å². The summed E-state index contributed by atoms with van der Waals surface area (Å²) in [6.07, 6.45) is 18.3. The molecule has 0 amide bonds. The fraction of sp³-hybridized carbons (Fsp3) is 0.307. The van der Waals surface area contributed by atoms with Gasteiger partial charge in [-0.3, -0.25) is 0 Å². The molecule has 0 fully saturated rings. The molecule has 0 spiro atoms. The van der Waals surface area contributed by atoms with Gasteiger partial charge < -0.3 is 52.5 Å². The second-order valence-electron chi connectivity index (χ2n) is 28.9. The Kier molecular flexibility index (Phi) is 18.9. The molecular weight excluding hydrogens is 1230 g/mol. The summed E-state index contributed by atoms with van der Waals surface area (Å²) in [6, 6.07) is 55.8. The molecule has 100 heavy (non-hydrogen) atoms. The van der Waals surface area contributed by atoms with E-state index >= 15 is 0 Å². The standard InChI is InChI=1S/C29H32N2O.C23H30N2.C18H19N3O.C18H18N2O/c1-18(2)22-11-9-12-23(19(3)4)28(22)31-17-16-30(21(31)6)27-20(5)14-15-25-24-10-7-8-13-26(24)32-29(25)27;1-16(2)20-11-9-12-21(17(3)4)23(20)25-15-14-24(19(25)6)22-13-8-7-10-18(22)5;1-11-5-7-14-15-8-6-12(2)19-18(15)22-17(14)16(11)21-10-9-20(4)13(21)3;1-12-8-9-15-14-6-4-5-7-16(14)21-18(15)17(12)20-11-10-19(3)13(20)2/h7-19,21H,1-6H3;7-17,19H,1-6H3;5-10,13H,1-4H3;4-11,13H,1-3H3/t21-;19-;2*13-/m1100/s1. The molecule has 12 heteroatoms. The zero-order valence-electron chi connectivity index (χ0n) is 62.0. The van der Waals surface area contributed by atoms with Crippen LogP contribution in [0.15, 0.2) is 221 Å². The van der Waals surface area contributed by atoms with Gasteiger partial charge in [0.2, 0.25) is 5.71 Å². The number of fused-ring (bicyclic) bond motifs is 9. The molecule has 16 rings (SSSR count). The summed E-state index contributed by atoms with van der Waals surface area (Å²) in [5, 5.41) is 6.90. The van der Waals surface area contributed by atoms with E-state index in [4.69, 9.17) is 13.3 Å². The number of hydrogen-bond acceptors (Lipinski definition) is 12. The first-order valence-corrected chi connectivity index (χ1v) is 35.8. The van der Waals surface area contributed by atoms with Gasteiger partial charge in [-0.1, -0.05) is 183 Å². The van der Waals surface area contributed by atoms with Crippen molar-refractivity contribution in [1.29, 1.82) is 0 Å².